The lowest BCUT2D eigenvalue weighted by Gasteiger charge is -2.52. The Hall–Kier alpha value is -1.69. The van der Waals surface area contributed by atoms with Crippen LogP contribution in [-0.2, 0) is 4.74 Å². The summed E-state index contributed by atoms with van der Waals surface area (Å²) < 4.78 is 34.5. The quantitative estimate of drug-likeness (QED) is 0.790. The lowest BCUT2D eigenvalue weighted by atomic mass is 9.81. The Morgan fingerprint density at radius 2 is 2.00 bits per heavy atom. The zero-order chi connectivity index (χ0) is 18.0. The number of anilines is 1. The van der Waals surface area contributed by atoms with E-state index in [1.54, 1.807) is 4.90 Å². The molecule has 1 saturated heterocycles. The molecule has 1 spiro atoms. The van der Waals surface area contributed by atoms with E-state index in [0.717, 1.165) is 31.4 Å². The van der Waals surface area contributed by atoms with Crippen LogP contribution < -0.4 is 5.73 Å². The molecule has 6 heteroatoms. The largest absolute Gasteiger partial charge is 0.396 e. The number of nitrogen functional groups attached to an aromatic ring is 1. The zero-order valence-corrected chi connectivity index (χ0v) is 14.6. The van der Waals surface area contributed by atoms with Gasteiger partial charge in [-0.25, -0.2) is 8.78 Å². The number of hydrogen-bond acceptors (Lipinski definition) is 3. The van der Waals surface area contributed by atoms with Crippen LogP contribution in [0.5, 0.6) is 0 Å². The summed E-state index contributed by atoms with van der Waals surface area (Å²) in [5, 5.41) is 0. The minimum atomic E-state index is -0.782. The van der Waals surface area contributed by atoms with Crippen LogP contribution in [0.15, 0.2) is 12.1 Å². The normalized spacial score (nSPS) is 33.2. The molecule has 1 heterocycles. The summed E-state index contributed by atoms with van der Waals surface area (Å²) in [6.07, 6.45) is 4.43. The Labute approximate surface area is 146 Å². The first-order valence-electron chi connectivity index (χ1n) is 8.93. The predicted molar refractivity (Wildman–Crippen MR) is 90.0 cm³/mol. The number of fused-ring (bicyclic) bond motifs is 3. The van der Waals surface area contributed by atoms with E-state index in [-0.39, 0.29) is 16.9 Å². The second-order valence-corrected chi connectivity index (χ2v) is 8.52. The predicted octanol–water partition coefficient (Wildman–Crippen LogP) is 3.36. The summed E-state index contributed by atoms with van der Waals surface area (Å²) in [7, 11) is 0. The van der Waals surface area contributed by atoms with E-state index in [1.165, 1.54) is 6.42 Å². The van der Waals surface area contributed by atoms with Gasteiger partial charge in [-0.15, -0.1) is 0 Å². The molecule has 136 valence electrons. The molecule has 0 aromatic heterocycles. The number of amides is 1. The number of rotatable bonds is 1. The molecule has 0 radical (unpaired) electrons. The van der Waals surface area contributed by atoms with E-state index in [1.807, 2.05) is 13.8 Å². The van der Waals surface area contributed by atoms with Gasteiger partial charge in [-0.1, -0.05) is 0 Å². The van der Waals surface area contributed by atoms with Crippen molar-refractivity contribution < 1.29 is 18.3 Å². The lowest BCUT2D eigenvalue weighted by molar-refractivity contribution is -0.208. The molecule has 4 rings (SSSR count). The molecule has 2 saturated carbocycles. The van der Waals surface area contributed by atoms with Crippen molar-refractivity contribution >= 4 is 11.6 Å². The van der Waals surface area contributed by atoms with Gasteiger partial charge in [-0.2, -0.15) is 0 Å². The molecule has 1 aliphatic heterocycles. The highest BCUT2D eigenvalue weighted by Gasteiger charge is 2.57. The van der Waals surface area contributed by atoms with Crippen molar-refractivity contribution in [3.05, 3.63) is 29.3 Å². The van der Waals surface area contributed by atoms with Gasteiger partial charge >= 0.3 is 0 Å². The molecule has 2 N–H and O–H groups in total. The standard InChI is InChI=1S/C19H24F2N2O2/c1-18(2)9-23(10-19(25-18)8-11-3-4-12(19)5-11)17(24)13-6-15(21)16(22)7-14(13)20/h6-7,11-12H,3-5,8-10,22H2,1-2H3. The van der Waals surface area contributed by atoms with Crippen LogP contribution in [-0.4, -0.2) is 35.1 Å². The van der Waals surface area contributed by atoms with Gasteiger partial charge in [0.1, 0.15) is 11.6 Å². The minimum Gasteiger partial charge on any atom is -0.396 e. The summed E-state index contributed by atoms with van der Waals surface area (Å²) in [4.78, 5) is 14.6. The Bertz CT molecular complexity index is 736. The summed E-state index contributed by atoms with van der Waals surface area (Å²) in [5.41, 5.74) is 3.98. The SMILES string of the molecule is CC1(C)CN(C(=O)c2cc(F)c(N)cc2F)CC2(CC3CCC2C3)O1. The Kier molecular flexibility index (Phi) is 3.62. The molecule has 3 unspecified atom stereocenters. The summed E-state index contributed by atoms with van der Waals surface area (Å²) in [5.74, 6) is -0.945. The smallest absolute Gasteiger partial charge is 0.257 e. The van der Waals surface area contributed by atoms with Crippen molar-refractivity contribution in [3.8, 4) is 0 Å². The fourth-order valence-electron chi connectivity index (χ4n) is 5.21. The Balaban J connectivity index is 1.65. The monoisotopic (exact) mass is 350 g/mol. The van der Waals surface area contributed by atoms with Crippen LogP contribution in [0.25, 0.3) is 0 Å². The minimum absolute atomic E-state index is 0.261. The van der Waals surface area contributed by atoms with Crippen LogP contribution >= 0.6 is 0 Å². The van der Waals surface area contributed by atoms with E-state index in [2.05, 4.69) is 0 Å². The maximum atomic E-state index is 14.2. The third-order valence-electron chi connectivity index (χ3n) is 6.03. The number of carbonyl (C=O) groups excluding carboxylic acids is 1. The van der Waals surface area contributed by atoms with Crippen LogP contribution in [0.4, 0.5) is 14.5 Å². The van der Waals surface area contributed by atoms with E-state index in [9.17, 15) is 13.6 Å². The summed E-state index contributed by atoms with van der Waals surface area (Å²) >= 11 is 0. The van der Waals surface area contributed by atoms with Crippen molar-refractivity contribution in [1.29, 1.82) is 0 Å². The molecular weight excluding hydrogens is 326 g/mol. The van der Waals surface area contributed by atoms with E-state index in [0.29, 0.717) is 24.9 Å². The van der Waals surface area contributed by atoms with Crippen molar-refractivity contribution in [3.63, 3.8) is 0 Å². The number of nitrogens with two attached hydrogens (primary N) is 1. The molecule has 4 nitrogen and oxygen atoms in total. The fraction of sp³-hybridized carbons (Fsp3) is 0.632. The van der Waals surface area contributed by atoms with Gasteiger partial charge in [0.25, 0.3) is 5.91 Å². The Morgan fingerprint density at radius 1 is 1.24 bits per heavy atom. The maximum Gasteiger partial charge on any atom is 0.257 e. The maximum absolute atomic E-state index is 14.2. The first-order valence-corrected chi connectivity index (χ1v) is 8.93. The van der Waals surface area contributed by atoms with Gasteiger partial charge in [0.05, 0.1) is 29.0 Å². The second-order valence-electron chi connectivity index (χ2n) is 8.52. The molecule has 3 atom stereocenters. The molecule has 25 heavy (non-hydrogen) atoms. The van der Waals surface area contributed by atoms with Gasteiger partial charge < -0.3 is 15.4 Å². The lowest BCUT2D eigenvalue weighted by Crippen LogP contribution is -2.62. The van der Waals surface area contributed by atoms with Gasteiger partial charge in [0.2, 0.25) is 0 Å². The number of nitrogens with zero attached hydrogens (tertiary/aromatic N) is 1. The number of benzene rings is 1. The third kappa shape index (κ3) is 2.71. The first kappa shape index (κ1) is 16.8. The number of morpholine rings is 1. The van der Waals surface area contributed by atoms with Crippen molar-refractivity contribution in [2.75, 3.05) is 18.8 Å². The van der Waals surface area contributed by atoms with Crippen molar-refractivity contribution in [2.24, 2.45) is 11.8 Å². The van der Waals surface area contributed by atoms with Gasteiger partial charge in [0.15, 0.2) is 0 Å². The van der Waals surface area contributed by atoms with Crippen LogP contribution in [0.1, 0.15) is 49.9 Å². The summed E-state index contributed by atoms with van der Waals surface area (Å²) in [6, 6.07) is 1.78. The van der Waals surface area contributed by atoms with E-state index < -0.39 is 23.1 Å². The molecule has 3 fully saturated rings. The summed E-state index contributed by atoms with van der Waals surface area (Å²) in [6.45, 7) is 4.72. The highest BCUT2D eigenvalue weighted by molar-refractivity contribution is 5.95. The van der Waals surface area contributed by atoms with Gasteiger partial charge in [0, 0.05) is 12.6 Å². The highest BCUT2D eigenvalue weighted by atomic mass is 19.1. The molecular formula is C19H24F2N2O2. The van der Waals surface area contributed by atoms with Crippen LogP contribution in [0.2, 0.25) is 0 Å². The highest BCUT2D eigenvalue weighted by Crippen LogP contribution is 2.55. The molecule has 1 aromatic rings. The number of hydrogen-bond donors (Lipinski definition) is 1. The average molecular weight is 350 g/mol. The van der Waals surface area contributed by atoms with E-state index >= 15 is 0 Å². The second kappa shape index (κ2) is 5.40. The van der Waals surface area contributed by atoms with Gasteiger partial charge in [-0.3, -0.25) is 4.79 Å². The molecule has 2 aliphatic carbocycles. The Morgan fingerprint density at radius 3 is 2.64 bits per heavy atom. The van der Waals surface area contributed by atoms with Crippen molar-refractivity contribution in [1.82, 2.24) is 4.90 Å². The molecule has 2 bridgehead atoms. The van der Waals surface area contributed by atoms with E-state index in [4.69, 9.17) is 10.5 Å². The zero-order valence-electron chi connectivity index (χ0n) is 14.6. The molecule has 1 amide bonds. The van der Waals surface area contributed by atoms with Crippen LogP contribution in [0.3, 0.4) is 0 Å². The van der Waals surface area contributed by atoms with Crippen molar-refractivity contribution in [2.45, 2.75) is 50.7 Å². The molecule has 3 aliphatic rings. The number of ether oxygens (including phenoxy) is 1. The number of halogens is 2. The number of carbonyl (C=O) groups is 1. The molecule has 1 aromatic carbocycles. The third-order valence-corrected chi connectivity index (χ3v) is 6.03. The van der Waals surface area contributed by atoms with Crippen LogP contribution in [0, 0.1) is 23.5 Å². The van der Waals surface area contributed by atoms with Gasteiger partial charge in [-0.05, 0) is 57.4 Å². The fourth-order valence-corrected chi connectivity index (χ4v) is 5.21. The average Bonchev–Trinajstić information content (AvgIpc) is 3.09. The first-order chi connectivity index (χ1) is 11.7. The topological polar surface area (TPSA) is 55.6 Å².